The lowest BCUT2D eigenvalue weighted by atomic mass is 10.3. The normalized spacial score (nSPS) is 10.8. The lowest BCUT2D eigenvalue weighted by molar-refractivity contribution is -0.118. The minimum absolute atomic E-state index is 0.208. The summed E-state index contributed by atoms with van der Waals surface area (Å²) in [5.41, 5.74) is 6.27. The number of aromatic nitrogens is 5. The smallest absolute Gasteiger partial charge is 0.328 e. The van der Waals surface area contributed by atoms with Gasteiger partial charge in [0.1, 0.15) is 23.6 Å². The quantitative estimate of drug-likeness (QED) is 0.0752. The van der Waals surface area contributed by atoms with E-state index in [1.807, 2.05) is 0 Å². The Hall–Kier alpha value is -6.13. The summed E-state index contributed by atoms with van der Waals surface area (Å²) in [6, 6.07) is 4.48. The molecule has 0 bridgehead atoms. The number of nitrogens with one attached hydrogen (secondary N) is 5. The van der Waals surface area contributed by atoms with E-state index in [0.29, 0.717) is 29.2 Å². The zero-order valence-corrected chi connectivity index (χ0v) is 25.1. The second-order valence-corrected chi connectivity index (χ2v) is 10.4. The van der Waals surface area contributed by atoms with E-state index in [9.17, 15) is 28.8 Å². The first-order chi connectivity index (χ1) is 21.2. The molecule has 4 aromatic rings. The number of nitrogens with two attached hydrogens (primary N) is 2. The predicted molar refractivity (Wildman–Crippen MR) is 165 cm³/mol. The van der Waals surface area contributed by atoms with Crippen molar-refractivity contribution in [3.63, 3.8) is 0 Å². The number of carbonyl (C=O) groups is 4. The zero-order chi connectivity index (χ0) is 33.0. The number of amidine groups is 1. The maximum absolute atomic E-state index is 13.0. The second-order valence-electron chi connectivity index (χ2n) is 10.4. The van der Waals surface area contributed by atoms with Gasteiger partial charge in [0.25, 0.3) is 23.3 Å². The topological polar surface area (TPSA) is 238 Å². The fraction of sp³-hybridized carbons (Fsp3) is 0.250. The van der Waals surface area contributed by atoms with Gasteiger partial charge in [0.15, 0.2) is 0 Å². The Morgan fingerprint density at radius 1 is 0.778 bits per heavy atom. The molecule has 0 radical (unpaired) electrons. The van der Waals surface area contributed by atoms with Crippen molar-refractivity contribution in [2.75, 3.05) is 22.5 Å². The largest absolute Gasteiger partial charge is 0.350 e. The van der Waals surface area contributed by atoms with Gasteiger partial charge in [0.05, 0.1) is 23.5 Å². The first-order valence-electron chi connectivity index (χ1n) is 13.6. The maximum Gasteiger partial charge on any atom is 0.328 e. The van der Waals surface area contributed by atoms with Crippen LogP contribution in [0.3, 0.4) is 0 Å². The fourth-order valence-corrected chi connectivity index (χ4v) is 4.47. The van der Waals surface area contributed by atoms with Crippen LogP contribution in [0.5, 0.6) is 0 Å². The van der Waals surface area contributed by atoms with Crippen LogP contribution in [0.25, 0.3) is 0 Å². The highest BCUT2D eigenvalue weighted by molar-refractivity contribution is 6.07. The molecule has 4 aromatic heterocycles. The first kappa shape index (κ1) is 31.8. The minimum Gasteiger partial charge on any atom is -0.350 e. The van der Waals surface area contributed by atoms with Crippen molar-refractivity contribution in [3.8, 4) is 0 Å². The van der Waals surface area contributed by atoms with E-state index in [1.54, 1.807) is 38.1 Å². The molecular weight excluding hydrogens is 586 g/mol. The summed E-state index contributed by atoms with van der Waals surface area (Å²) in [7, 11) is 4.92. The molecule has 0 saturated carbocycles. The third-order valence-electron chi connectivity index (χ3n) is 6.71. The van der Waals surface area contributed by atoms with Gasteiger partial charge in [-0.2, -0.15) is 0 Å². The van der Waals surface area contributed by atoms with Gasteiger partial charge in [0, 0.05) is 58.0 Å². The average Bonchev–Trinajstić information content (AvgIpc) is 3.62. The Balaban J connectivity index is 1.38. The molecule has 0 aliphatic heterocycles. The van der Waals surface area contributed by atoms with Crippen LogP contribution in [-0.2, 0) is 32.5 Å². The van der Waals surface area contributed by atoms with Gasteiger partial charge >= 0.3 is 5.69 Å². The summed E-state index contributed by atoms with van der Waals surface area (Å²) in [6.45, 7) is 1.44. The van der Waals surface area contributed by atoms with Crippen molar-refractivity contribution in [2.24, 2.45) is 26.9 Å². The molecule has 4 rings (SSSR count). The molecule has 0 aromatic carbocycles. The van der Waals surface area contributed by atoms with Crippen LogP contribution in [-0.4, -0.2) is 59.3 Å². The van der Waals surface area contributed by atoms with Gasteiger partial charge in [-0.1, -0.05) is 0 Å². The van der Waals surface area contributed by atoms with Gasteiger partial charge in [-0.3, -0.25) is 44.7 Å². The SMILES string of the molecule is Cc1cn(CC(=O)Nc2cc(C(=O)Nc3cc(C(=O)Nc4cc(C(=O)NCCC(N)=[NH2+])n(C)c4)n(C)c3)n(C)c2)c(=O)[nH]c1=O. The summed E-state index contributed by atoms with van der Waals surface area (Å²) in [5.74, 6) is -1.66. The molecule has 236 valence electrons. The van der Waals surface area contributed by atoms with Gasteiger partial charge in [0.2, 0.25) is 11.7 Å². The standard InChI is InChI=1S/C28H33N11O6/c1-15-10-39(28(45)35-24(15)41)14-23(40)32-16-7-20(37(3)11-16)26(43)34-18-9-21(38(4)13-18)27(44)33-17-8-19(36(2)12-17)25(42)31-6-5-22(29)30/h7-13H,5-6,14H2,1-4H3,(H3,29,30)(H,31,42)(H,32,40)(H,33,44)(H,34,43)(H,35,41,45)/p+1. The molecule has 0 spiro atoms. The van der Waals surface area contributed by atoms with Crippen LogP contribution in [0.1, 0.15) is 43.4 Å². The Kier molecular flexibility index (Phi) is 9.20. The Morgan fingerprint density at radius 3 is 1.73 bits per heavy atom. The van der Waals surface area contributed by atoms with Crippen molar-refractivity contribution in [3.05, 3.63) is 86.5 Å². The predicted octanol–water partition coefficient (Wildman–Crippen LogP) is -1.76. The van der Waals surface area contributed by atoms with Gasteiger partial charge < -0.3 is 35.0 Å². The van der Waals surface area contributed by atoms with Gasteiger partial charge in [-0.25, -0.2) is 4.79 Å². The number of hydrogen-bond donors (Lipinski definition) is 7. The van der Waals surface area contributed by atoms with Crippen LogP contribution in [0.15, 0.2) is 52.6 Å². The number of hydrogen-bond acceptors (Lipinski definition) is 6. The van der Waals surface area contributed by atoms with E-state index in [4.69, 9.17) is 11.1 Å². The number of aryl methyl sites for hydroxylation is 4. The van der Waals surface area contributed by atoms with Crippen molar-refractivity contribution in [1.82, 2.24) is 28.6 Å². The van der Waals surface area contributed by atoms with Crippen LogP contribution < -0.4 is 43.7 Å². The van der Waals surface area contributed by atoms with E-state index >= 15 is 0 Å². The molecule has 0 aliphatic carbocycles. The number of nitrogens with zero attached hydrogens (tertiary/aromatic N) is 4. The van der Waals surface area contributed by atoms with Crippen LogP contribution in [0.4, 0.5) is 17.1 Å². The zero-order valence-electron chi connectivity index (χ0n) is 25.1. The third kappa shape index (κ3) is 7.64. The molecule has 9 N–H and O–H groups in total. The summed E-state index contributed by atoms with van der Waals surface area (Å²) in [6.07, 6.45) is 6.30. The van der Waals surface area contributed by atoms with Crippen molar-refractivity contribution in [2.45, 2.75) is 19.9 Å². The molecule has 17 heteroatoms. The number of rotatable bonds is 11. The van der Waals surface area contributed by atoms with Gasteiger partial charge in [-0.15, -0.1) is 0 Å². The second kappa shape index (κ2) is 13.0. The lowest BCUT2D eigenvalue weighted by Crippen LogP contribution is -2.47. The fourth-order valence-electron chi connectivity index (χ4n) is 4.47. The maximum atomic E-state index is 13.0. The van der Waals surface area contributed by atoms with Crippen molar-refractivity contribution in [1.29, 1.82) is 0 Å². The highest BCUT2D eigenvalue weighted by Gasteiger charge is 2.19. The number of carbonyl (C=O) groups excluding carboxylic acids is 4. The Bertz CT molecular complexity index is 1940. The Morgan fingerprint density at radius 2 is 1.24 bits per heavy atom. The van der Waals surface area contributed by atoms with Crippen LogP contribution in [0, 0.1) is 6.92 Å². The molecule has 17 nitrogen and oxygen atoms in total. The van der Waals surface area contributed by atoms with Crippen molar-refractivity contribution >= 4 is 46.5 Å². The number of H-pyrrole nitrogens is 1. The highest BCUT2D eigenvalue weighted by atomic mass is 16.2. The lowest BCUT2D eigenvalue weighted by Gasteiger charge is -2.06. The molecule has 0 unspecified atom stereocenters. The summed E-state index contributed by atoms with van der Waals surface area (Å²) in [4.78, 5) is 76.7. The number of amides is 4. The highest BCUT2D eigenvalue weighted by Crippen LogP contribution is 2.19. The van der Waals surface area contributed by atoms with E-state index in [1.165, 1.54) is 46.7 Å². The summed E-state index contributed by atoms with van der Waals surface area (Å²) in [5, 5.41) is 16.2. The molecule has 4 amide bonds. The molecule has 45 heavy (non-hydrogen) atoms. The first-order valence-corrected chi connectivity index (χ1v) is 13.6. The van der Waals surface area contributed by atoms with Crippen LogP contribution >= 0.6 is 0 Å². The van der Waals surface area contributed by atoms with E-state index in [-0.39, 0.29) is 41.8 Å². The van der Waals surface area contributed by atoms with E-state index in [2.05, 4.69) is 26.3 Å². The average molecular weight is 621 g/mol. The molecule has 0 saturated heterocycles. The number of aromatic amines is 1. The van der Waals surface area contributed by atoms with Crippen molar-refractivity contribution < 1.29 is 24.6 Å². The molecular formula is C28H34N11O6+. The molecule has 0 atom stereocenters. The Labute approximate surface area is 255 Å². The third-order valence-corrected chi connectivity index (χ3v) is 6.71. The molecule has 4 heterocycles. The minimum atomic E-state index is -0.718. The van der Waals surface area contributed by atoms with Crippen LogP contribution in [0.2, 0.25) is 0 Å². The number of anilines is 3. The van der Waals surface area contributed by atoms with Gasteiger partial charge in [-0.05, 0) is 25.1 Å². The summed E-state index contributed by atoms with van der Waals surface area (Å²) >= 11 is 0. The molecule has 0 fully saturated rings. The monoisotopic (exact) mass is 620 g/mol. The summed E-state index contributed by atoms with van der Waals surface area (Å²) < 4.78 is 5.68. The van der Waals surface area contributed by atoms with E-state index < -0.39 is 29.0 Å². The van der Waals surface area contributed by atoms with E-state index in [0.717, 1.165) is 4.57 Å². The molecule has 0 aliphatic rings.